The van der Waals surface area contributed by atoms with Crippen molar-refractivity contribution in [1.29, 1.82) is 0 Å². The SMILES string of the molecule is CC(C)=CC(CC(C)CCO)c1ccc(-c2ccccc2)c(CN(C)C)c1. The van der Waals surface area contributed by atoms with Crippen LogP contribution >= 0.6 is 0 Å². The highest BCUT2D eigenvalue weighted by Gasteiger charge is 2.16. The van der Waals surface area contributed by atoms with Crippen LogP contribution in [0.25, 0.3) is 11.1 Å². The molecular weight excluding hydrogens is 330 g/mol. The molecule has 1 N–H and O–H groups in total. The molecule has 27 heavy (non-hydrogen) atoms. The summed E-state index contributed by atoms with van der Waals surface area (Å²) in [6, 6.07) is 17.6. The molecule has 2 unspecified atom stereocenters. The van der Waals surface area contributed by atoms with Crippen molar-refractivity contribution in [1.82, 2.24) is 4.90 Å². The topological polar surface area (TPSA) is 23.5 Å². The van der Waals surface area contributed by atoms with Crippen LogP contribution in [0.4, 0.5) is 0 Å². The van der Waals surface area contributed by atoms with E-state index in [1.54, 1.807) is 0 Å². The van der Waals surface area contributed by atoms with E-state index < -0.39 is 0 Å². The van der Waals surface area contributed by atoms with E-state index >= 15 is 0 Å². The zero-order valence-electron chi connectivity index (χ0n) is 17.6. The van der Waals surface area contributed by atoms with E-state index in [1.807, 2.05) is 0 Å². The Hall–Kier alpha value is -1.90. The summed E-state index contributed by atoms with van der Waals surface area (Å²) in [6.45, 7) is 7.76. The molecule has 2 atom stereocenters. The van der Waals surface area contributed by atoms with E-state index in [2.05, 4.69) is 94.4 Å². The van der Waals surface area contributed by atoms with Crippen molar-refractivity contribution in [3.05, 3.63) is 71.3 Å². The fourth-order valence-electron chi connectivity index (χ4n) is 3.69. The smallest absolute Gasteiger partial charge is 0.0433 e. The van der Waals surface area contributed by atoms with Gasteiger partial charge in [-0.05, 0) is 69.0 Å². The molecule has 2 rings (SSSR count). The van der Waals surface area contributed by atoms with Gasteiger partial charge in [0.05, 0.1) is 0 Å². The number of hydrogen-bond donors (Lipinski definition) is 1. The van der Waals surface area contributed by atoms with Gasteiger partial charge in [0.15, 0.2) is 0 Å². The van der Waals surface area contributed by atoms with Crippen molar-refractivity contribution in [3.8, 4) is 11.1 Å². The van der Waals surface area contributed by atoms with Gasteiger partial charge in [0.25, 0.3) is 0 Å². The Labute approximate surface area is 165 Å². The summed E-state index contributed by atoms with van der Waals surface area (Å²) in [6.07, 6.45) is 4.31. The fourth-order valence-corrected chi connectivity index (χ4v) is 3.69. The molecule has 0 saturated heterocycles. The van der Waals surface area contributed by atoms with Crippen LogP contribution < -0.4 is 0 Å². The Balaban J connectivity index is 2.43. The van der Waals surface area contributed by atoms with Gasteiger partial charge in [0, 0.05) is 19.1 Å². The third kappa shape index (κ3) is 6.64. The lowest BCUT2D eigenvalue weighted by molar-refractivity contribution is 0.256. The summed E-state index contributed by atoms with van der Waals surface area (Å²) in [5, 5.41) is 9.29. The van der Waals surface area contributed by atoms with Gasteiger partial charge in [0.1, 0.15) is 0 Å². The lowest BCUT2D eigenvalue weighted by atomic mass is 9.85. The number of aliphatic hydroxyl groups excluding tert-OH is 1. The molecule has 0 spiro atoms. The van der Waals surface area contributed by atoms with E-state index in [4.69, 9.17) is 0 Å². The van der Waals surface area contributed by atoms with Gasteiger partial charge in [0.2, 0.25) is 0 Å². The van der Waals surface area contributed by atoms with Gasteiger partial charge in [-0.1, -0.05) is 67.1 Å². The monoisotopic (exact) mass is 365 g/mol. The summed E-state index contributed by atoms with van der Waals surface area (Å²) in [5.41, 5.74) is 6.67. The van der Waals surface area contributed by atoms with Crippen LogP contribution in [0.1, 0.15) is 50.7 Å². The maximum Gasteiger partial charge on any atom is 0.0433 e. The summed E-state index contributed by atoms with van der Waals surface area (Å²) in [7, 11) is 4.25. The second-order valence-corrected chi connectivity index (χ2v) is 8.22. The molecule has 0 aliphatic rings. The van der Waals surface area contributed by atoms with Crippen molar-refractivity contribution < 1.29 is 5.11 Å². The number of rotatable bonds is 9. The molecular formula is C25H35NO. The Morgan fingerprint density at radius 3 is 2.37 bits per heavy atom. The molecule has 0 heterocycles. The second kappa shape index (κ2) is 10.4. The van der Waals surface area contributed by atoms with Crippen molar-refractivity contribution in [2.24, 2.45) is 5.92 Å². The predicted molar refractivity (Wildman–Crippen MR) is 117 cm³/mol. The normalized spacial score (nSPS) is 13.4. The third-order valence-corrected chi connectivity index (χ3v) is 4.94. The highest BCUT2D eigenvalue weighted by Crippen LogP contribution is 2.32. The first-order chi connectivity index (χ1) is 12.9. The Morgan fingerprint density at radius 2 is 1.78 bits per heavy atom. The van der Waals surface area contributed by atoms with Gasteiger partial charge in [-0.25, -0.2) is 0 Å². The second-order valence-electron chi connectivity index (χ2n) is 8.22. The zero-order chi connectivity index (χ0) is 19.8. The molecule has 0 aliphatic heterocycles. The van der Waals surface area contributed by atoms with Gasteiger partial charge in [-0.3, -0.25) is 0 Å². The number of aliphatic hydroxyl groups is 1. The average Bonchev–Trinajstić information content (AvgIpc) is 2.61. The highest BCUT2D eigenvalue weighted by molar-refractivity contribution is 5.68. The van der Waals surface area contributed by atoms with Crippen LogP contribution in [-0.2, 0) is 6.54 Å². The summed E-state index contributed by atoms with van der Waals surface area (Å²) in [5.74, 6) is 0.893. The van der Waals surface area contributed by atoms with Crippen LogP contribution in [0.15, 0.2) is 60.2 Å². The summed E-state index contributed by atoms with van der Waals surface area (Å²) in [4.78, 5) is 2.23. The molecule has 0 aliphatic carbocycles. The number of hydrogen-bond acceptors (Lipinski definition) is 2. The van der Waals surface area contributed by atoms with E-state index in [9.17, 15) is 5.11 Å². The van der Waals surface area contributed by atoms with Crippen LogP contribution in [0.3, 0.4) is 0 Å². The first kappa shape index (κ1) is 21.4. The quantitative estimate of drug-likeness (QED) is 0.561. The van der Waals surface area contributed by atoms with Crippen molar-refractivity contribution in [3.63, 3.8) is 0 Å². The van der Waals surface area contributed by atoms with Gasteiger partial charge < -0.3 is 10.0 Å². The van der Waals surface area contributed by atoms with Gasteiger partial charge in [-0.15, -0.1) is 0 Å². The van der Waals surface area contributed by atoms with E-state index in [1.165, 1.54) is 27.8 Å². The van der Waals surface area contributed by atoms with Crippen LogP contribution in [0.5, 0.6) is 0 Å². The zero-order valence-corrected chi connectivity index (χ0v) is 17.6. The molecule has 2 nitrogen and oxygen atoms in total. The number of benzene rings is 2. The Bertz CT molecular complexity index is 729. The molecule has 2 heteroatoms. The summed E-state index contributed by atoms with van der Waals surface area (Å²) < 4.78 is 0. The lowest BCUT2D eigenvalue weighted by Crippen LogP contribution is -2.12. The molecule has 0 amide bonds. The standard InChI is InChI=1S/C25H35NO/c1-19(2)15-23(16-20(3)13-14-27)22-11-12-25(21-9-7-6-8-10-21)24(17-22)18-26(4)5/h6-12,15,17,20,23,27H,13-14,16,18H2,1-5H3. The number of nitrogens with zero attached hydrogens (tertiary/aromatic N) is 1. The lowest BCUT2D eigenvalue weighted by Gasteiger charge is -2.22. The molecule has 2 aromatic rings. The minimum Gasteiger partial charge on any atom is -0.396 e. The molecule has 0 fully saturated rings. The molecule has 146 valence electrons. The van der Waals surface area contributed by atoms with E-state index in [0.29, 0.717) is 11.8 Å². The maximum atomic E-state index is 9.29. The average molecular weight is 366 g/mol. The Morgan fingerprint density at radius 1 is 1.07 bits per heavy atom. The summed E-state index contributed by atoms with van der Waals surface area (Å²) >= 11 is 0. The third-order valence-electron chi connectivity index (χ3n) is 4.94. The van der Waals surface area contributed by atoms with Crippen LogP contribution in [-0.4, -0.2) is 30.7 Å². The van der Waals surface area contributed by atoms with Gasteiger partial charge in [-0.2, -0.15) is 0 Å². The minimum absolute atomic E-state index is 0.265. The van der Waals surface area contributed by atoms with Crippen molar-refractivity contribution in [2.45, 2.75) is 46.1 Å². The first-order valence-corrected chi connectivity index (χ1v) is 9.99. The van der Waals surface area contributed by atoms with Crippen molar-refractivity contribution >= 4 is 0 Å². The molecule has 0 bridgehead atoms. The van der Waals surface area contributed by atoms with E-state index in [0.717, 1.165) is 19.4 Å². The molecule has 0 saturated carbocycles. The predicted octanol–water partition coefficient (Wildman–Crippen LogP) is 5.87. The van der Waals surface area contributed by atoms with Crippen LogP contribution in [0.2, 0.25) is 0 Å². The largest absolute Gasteiger partial charge is 0.396 e. The highest BCUT2D eigenvalue weighted by atomic mass is 16.3. The minimum atomic E-state index is 0.265. The maximum absolute atomic E-state index is 9.29. The molecule has 0 radical (unpaired) electrons. The van der Waals surface area contributed by atoms with Gasteiger partial charge >= 0.3 is 0 Å². The van der Waals surface area contributed by atoms with E-state index in [-0.39, 0.29) is 6.61 Å². The number of allylic oxidation sites excluding steroid dienone is 2. The first-order valence-electron chi connectivity index (χ1n) is 9.99. The molecule has 0 aromatic heterocycles. The van der Waals surface area contributed by atoms with Crippen LogP contribution in [0, 0.1) is 5.92 Å². The Kier molecular flexibility index (Phi) is 8.27. The fraction of sp³-hybridized carbons (Fsp3) is 0.440. The van der Waals surface area contributed by atoms with Crippen molar-refractivity contribution in [2.75, 3.05) is 20.7 Å². The molecule has 2 aromatic carbocycles.